The van der Waals surface area contributed by atoms with Gasteiger partial charge in [0.05, 0.1) is 0 Å². The molecule has 0 aliphatic heterocycles. The summed E-state index contributed by atoms with van der Waals surface area (Å²) in [7, 11) is 0. The molecular formula is C12H23NO2. The first-order valence-corrected chi connectivity index (χ1v) is 5.76. The molecule has 0 aromatic heterocycles. The van der Waals surface area contributed by atoms with E-state index in [-0.39, 0.29) is 5.97 Å². The molecule has 15 heavy (non-hydrogen) atoms. The van der Waals surface area contributed by atoms with Gasteiger partial charge in [0.2, 0.25) is 0 Å². The largest absolute Gasteiger partial charge is 0.461 e. The van der Waals surface area contributed by atoms with Crippen LogP contribution in [-0.4, -0.2) is 37.1 Å². The number of carbonyl (C=O) groups excluding carboxylic acids is 1. The van der Waals surface area contributed by atoms with Crippen LogP contribution in [0.4, 0.5) is 0 Å². The zero-order valence-electron chi connectivity index (χ0n) is 10.2. The van der Waals surface area contributed by atoms with E-state index in [0.29, 0.717) is 6.61 Å². The van der Waals surface area contributed by atoms with Crippen molar-refractivity contribution in [1.82, 2.24) is 4.90 Å². The molecule has 0 aliphatic rings. The van der Waals surface area contributed by atoms with Gasteiger partial charge in [0.25, 0.3) is 0 Å². The van der Waals surface area contributed by atoms with Crippen LogP contribution in [0.2, 0.25) is 0 Å². The predicted molar refractivity (Wildman–Crippen MR) is 62.8 cm³/mol. The highest BCUT2D eigenvalue weighted by molar-refractivity contribution is 5.81. The second kappa shape index (κ2) is 9.71. The molecular weight excluding hydrogens is 190 g/mol. The van der Waals surface area contributed by atoms with Crippen LogP contribution in [0.25, 0.3) is 0 Å². The van der Waals surface area contributed by atoms with E-state index in [9.17, 15) is 4.79 Å². The summed E-state index contributed by atoms with van der Waals surface area (Å²) in [6, 6.07) is 0. The maximum absolute atomic E-state index is 11.0. The van der Waals surface area contributed by atoms with Crippen LogP contribution < -0.4 is 0 Å². The molecule has 0 atom stereocenters. The van der Waals surface area contributed by atoms with Crippen LogP contribution in [0.15, 0.2) is 12.2 Å². The first kappa shape index (κ1) is 14.2. The third-order valence-corrected chi connectivity index (χ3v) is 2.03. The van der Waals surface area contributed by atoms with Gasteiger partial charge in [-0.3, -0.25) is 4.90 Å². The van der Waals surface area contributed by atoms with Crippen molar-refractivity contribution in [3.8, 4) is 0 Å². The minimum absolute atomic E-state index is 0.245. The summed E-state index contributed by atoms with van der Waals surface area (Å²) >= 11 is 0. The first-order chi connectivity index (χ1) is 7.24. The molecule has 0 radical (unpaired) electrons. The zero-order chi connectivity index (χ0) is 11.5. The molecule has 0 rings (SSSR count). The molecule has 0 amide bonds. The SMILES string of the molecule is C/C=C/C(=O)OCCN(CCC)CCC. The predicted octanol–water partition coefficient (Wildman–Crippen LogP) is 2.23. The first-order valence-electron chi connectivity index (χ1n) is 5.76. The van der Waals surface area contributed by atoms with Crippen molar-refractivity contribution < 1.29 is 9.53 Å². The van der Waals surface area contributed by atoms with Crippen molar-refractivity contribution in [3.05, 3.63) is 12.2 Å². The lowest BCUT2D eigenvalue weighted by Crippen LogP contribution is -2.29. The van der Waals surface area contributed by atoms with Gasteiger partial charge in [0.15, 0.2) is 0 Å². The van der Waals surface area contributed by atoms with Gasteiger partial charge in [0.1, 0.15) is 6.61 Å². The molecule has 0 heterocycles. The van der Waals surface area contributed by atoms with E-state index in [2.05, 4.69) is 18.7 Å². The highest BCUT2D eigenvalue weighted by Crippen LogP contribution is 1.94. The molecule has 3 nitrogen and oxygen atoms in total. The fourth-order valence-corrected chi connectivity index (χ4v) is 1.43. The number of allylic oxidation sites excluding steroid dienone is 1. The number of nitrogens with zero attached hydrogens (tertiary/aromatic N) is 1. The minimum Gasteiger partial charge on any atom is -0.461 e. The Balaban J connectivity index is 3.64. The summed E-state index contributed by atoms with van der Waals surface area (Å²) in [6.07, 6.45) is 5.42. The van der Waals surface area contributed by atoms with E-state index in [1.807, 2.05) is 6.92 Å². The molecule has 0 aromatic rings. The van der Waals surface area contributed by atoms with Gasteiger partial charge >= 0.3 is 5.97 Å². The monoisotopic (exact) mass is 213 g/mol. The van der Waals surface area contributed by atoms with Crippen LogP contribution in [-0.2, 0) is 9.53 Å². The van der Waals surface area contributed by atoms with Crippen molar-refractivity contribution in [2.45, 2.75) is 33.6 Å². The van der Waals surface area contributed by atoms with Crippen molar-refractivity contribution in [2.75, 3.05) is 26.2 Å². The lowest BCUT2D eigenvalue weighted by Gasteiger charge is -2.20. The van der Waals surface area contributed by atoms with Gasteiger partial charge in [-0.1, -0.05) is 19.9 Å². The van der Waals surface area contributed by atoms with Gasteiger partial charge in [-0.15, -0.1) is 0 Å². The standard InChI is InChI=1S/C12H23NO2/c1-4-7-12(14)15-11-10-13(8-5-2)9-6-3/h4,7H,5-6,8-11H2,1-3H3/b7-4+. The Hall–Kier alpha value is -0.830. The third kappa shape index (κ3) is 8.18. The molecule has 0 spiro atoms. The van der Waals surface area contributed by atoms with Crippen LogP contribution in [0.1, 0.15) is 33.6 Å². The Kier molecular flexibility index (Phi) is 9.18. The molecule has 0 saturated heterocycles. The van der Waals surface area contributed by atoms with Gasteiger partial charge in [-0.05, 0) is 32.9 Å². The topological polar surface area (TPSA) is 29.5 Å². The van der Waals surface area contributed by atoms with E-state index in [0.717, 1.165) is 32.5 Å². The molecule has 0 aliphatic carbocycles. The van der Waals surface area contributed by atoms with E-state index in [1.54, 1.807) is 6.08 Å². The van der Waals surface area contributed by atoms with Gasteiger partial charge in [-0.2, -0.15) is 0 Å². The summed E-state index contributed by atoms with van der Waals surface area (Å²) in [5, 5.41) is 0. The molecule has 88 valence electrons. The highest BCUT2D eigenvalue weighted by Gasteiger charge is 2.03. The number of hydrogen-bond acceptors (Lipinski definition) is 3. The van der Waals surface area contributed by atoms with Crippen LogP contribution in [0, 0.1) is 0 Å². The molecule has 0 fully saturated rings. The second-order valence-electron chi connectivity index (χ2n) is 3.51. The quantitative estimate of drug-likeness (QED) is 0.457. The Morgan fingerprint density at radius 3 is 2.27 bits per heavy atom. The Labute approximate surface area is 93.1 Å². The van der Waals surface area contributed by atoms with E-state index in [1.165, 1.54) is 6.08 Å². The average Bonchev–Trinajstić information content (AvgIpc) is 2.19. The Morgan fingerprint density at radius 2 is 1.80 bits per heavy atom. The average molecular weight is 213 g/mol. The van der Waals surface area contributed by atoms with Crippen molar-refractivity contribution in [1.29, 1.82) is 0 Å². The summed E-state index contributed by atoms with van der Waals surface area (Å²) in [4.78, 5) is 13.3. The molecule has 3 heteroatoms. The number of carbonyl (C=O) groups is 1. The lowest BCUT2D eigenvalue weighted by atomic mass is 10.3. The molecule has 0 aromatic carbocycles. The third-order valence-electron chi connectivity index (χ3n) is 2.03. The van der Waals surface area contributed by atoms with Crippen LogP contribution >= 0.6 is 0 Å². The van der Waals surface area contributed by atoms with E-state index in [4.69, 9.17) is 4.74 Å². The number of ether oxygens (including phenoxy) is 1. The van der Waals surface area contributed by atoms with Gasteiger partial charge in [0, 0.05) is 12.6 Å². The minimum atomic E-state index is -0.245. The van der Waals surface area contributed by atoms with Gasteiger partial charge < -0.3 is 4.74 Å². The van der Waals surface area contributed by atoms with E-state index >= 15 is 0 Å². The normalized spacial score (nSPS) is 11.2. The Bertz CT molecular complexity index is 184. The lowest BCUT2D eigenvalue weighted by molar-refractivity contribution is -0.138. The van der Waals surface area contributed by atoms with Crippen LogP contribution in [0.3, 0.4) is 0 Å². The summed E-state index contributed by atoms with van der Waals surface area (Å²) in [5.41, 5.74) is 0. The maximum atomic E-state index is 11.0. The second-order valence-corrected chi connectivity index (χ2v) is 3.51. The number of rotatable bonds is 8. The molecule has 0 unspecified atom stereocenters. The zero-order valence-corrected chi connectivity index (χ0v) is 10.2. The van der Waals surface area contributed by atoms with Crippen molar-refractivity contribution in [3.63, 3.8) is 0 Å². The molecule has 0 bridgehead atoms. The van der Waals surface area contributed by atoms with Crippen molar-refractivity contribution >= 4 is 5.97 Å². The smallest absolute Gasteiger partial charge is 0.330 e. The summed E-state index contributed by atoms with van der Waals surface area (Å²) < 4.78 is 5.04. The molecule has 0 N–H and O–H groups in total. The van der Waals surface area contributed by atoms with Crippen molar-refractivity contribution in [2.24, 2.45) is 0 Å². The highest BCUT2D eigenvalue weighted by atomic mass is 16.5. The number of hydrogen-bond donors (Lipinski definition) is 0. The fourth-order valence-electron chi connectivity index (χ4n) is 1.43. The molecule has 0 saturated carbocycles. The number of esters is 1. The van der Waals surface area contributed by atoms with Crippen LogP contribution in [0.5, 0.6) is 0 Å². The summed E-state index contributed by atoms with van der Waals surface area (Å²) in [5.74, 6) is -0.245. The fraction of sp³-hybridized carbons (Fsp3) is 0.750. The van der Waals surface area contributed by atoms with Gasteiger partial charge in [-0.25, -0.2) is 4.79 Å². The maximum Gasteiger partial charge on any atom is 0.330 e. The Morgan fingerprint density at radius 1 is 1.20 bits per heavy atom. The van der Waals surface area contributed by atoms with E-state index < -0.39 is 0 Å². The summed E-state index contributed by atoms with van der Waals surface area (Å²) in [6.45, 7) is 9.61.